The van der Waals surface area contributed by atoms with Crippen molar-refractivity contribution in [2.24, 2.45) is 11.3 Å². The van der Waals surface area contributed by atoms with Crippen molar-refractivity contribution in [2.75, 3.05) is 29.5 Å². The van der Waals surface area contributed by atoms with Crippen LogP contribution in [-0.4, -0.2) is 65.1 Å². The molecule has 5 rings (SSSR count). The molecule has 2 N–H and O–H groups in total. The molecule has 0 bridgehead atoms. The number of anilines is 1. The second kappa shape index (κ2) is 9.79. The number of hydrogen-bond acceptors (Lipinski definition) is 7. The maximum absolute atomic E-state index is 11.7. The highest BCUT2D eigenvalue weighted by atomic mass is 35.5. The Balaban J connectivity index is 1.27. The minimum Gasteiger partial charge on any atom is -0.481 e. The summed E-state index contributed by atoms with van der Waals surface area (Å²) < 4.78 is 29.5. The fourth-order valence-electron chi connectivity index (χ4n) is 5.19. The number of rotatable bonds is 6. The van der Waals surface area contributed by atoms with E-state index in [4.69, 9.17) is 16.3 Å². The number of benzene rings is 1. The third kappa shape index (κ3) is 5.40. The van der Waals surface area contributed by atoms with Crippen molar-refractivity contribution in [3.8, 4) is 17.3 Å². The van der Waals surface area contributed by atoms with Gasteiger partial charge in [-0.15, -0.1) is 0 Å². The molecule has 1 aromatic carbocycles. The summed E-state index contributed by atoms with van der Waals surface area (Å²) in [5.74, 6) is -0.295. The number of aromatic nitrogens is 3. The van der Waals surface area contributed by atoms with E-state index in [-0.39, 0.29) is 23.5 Å². The number of carbonyl (C=O) groups is 1. The van der Waals surface area contributed by atoms with Crippen LogP contribution in [0.5, 0.6) is 6.01 Å². The van der Waals surface area contributed by atoms with E-state index in [2.05, 4.69) is 19.9 Å². The molecule has 2 aromatic heterocycles. The largest absolute Gasteiger partial charge is 0.481 e. The van der Waals surface area contributed by atoms with E-state index in [1.54, 1.807) is 19.9 Å². The number of H-pyrrole nitrogens is 1. The molecule has 0 radical (unpaired) electrons. The number of aromatic amines is 1. The van der Waals surface area contributed by atoms with E-state index in [1.165, 1.54) is 0 Å². The Morgan fingerprint density at radius 2 is 1.76 bits per heavy atom. The molecule has 1 aliphatic carbocycles. The van der Waals surface area contributed by atoms with E-state index in [9.17, 15) is 18.3 Å². The van der Waals surface area contributed by atoms with Crippen molar-refractivity contribution in [1.82, 2.24) is 15.0 Å². The normalized spacial score (nSPS) is 22.2. The summed E-state index contributed by atoms with van der Waals surface area (Å²) in [5, 5.41) is 9.99. The molecule has 0 atom stereocenters. The number of pyridine rings is 1. The fraction of sp³-hybridized carbons (Fsp3) is 0.500. The van der Waals surface area contributed by atoms with Gasteiger partial charge in [-0.25, -0.2) is 13.4 Å². The quantitative estimate of drug-likeness (QED) is 0.461. The molecule has 0 amide bonds. The zero-order valence-corrected chi connectivity index (χ0v) is 22.5. The molecule has 37 heavy (non-hydrogen) atoms. The lowest BCUT2D eigenvalue weighted by molar-refractivity contribution is -0.151. The van der Waals surface area contributed by atoms with Gasteiger partial charge in [0.15, 0.2) is 15.5 Å². The number of sulfone groups is 1. The second-order valence-electron chi connectivity index (χ2n) is 10.5. The summed E-state index contributed by atoms with van der Waals surface area (Å²) in [6.07, 6.45) is 3.09. The average molecular weight is 547 g/mol. The van der Waals surface area contributed by atoms with Crippen LogP contribution in [0.1, 0.15) is 39.5 Å². The number of hydrogen-bond donors (Lipinski definition) is 2. The predicted molar refractivity (Wildman–Crippen MR) is 143 cm³/mol. The third-order valence-electron chi connectivity index (χ3n) is 7.78. The van der Waals surface area contributed by atoms with Gasteiger partial charge in [-0.3, -0.25) is 4.79 Å². The van der Waals surface area contributed by atoms with Gasteiger partial charge in [-0.05, 0) is 63.6 Å². The van der Waals surface area contributed by atoms with E-state index in [1.807, 2.05) is 24.3 Å². The second-order valence-corrected chi connectivity index (χ2v) is 13.2. The summed E-state index contributed by atoms with van der Waals surface area (Å²) in [5.41, 5.74) is 2.85. The Morgan fingerprint density at radius 3 is 2.38 bits per heavy atom. The first-order chi connectivity index (χ1) is 17.5. The lowest BCUT2D eigenvalue weighted by Gasteiger charge is -2.36. The Bertz CT molecular complexity index is 1400. The molecular formula is C26H31ClN4O5S. The Hall–Kier alpha value is -2.85. The lowest BCUT2D eigenvalue weighted by atomic mass is 9.70. The van der Waals surface area contributed by atoms with Crippen molar-refractivity contribution in [3.05, 3.63) is 35.4 Å². The standard InChI is InChI=1S/C26H31ClN4O5S/c1-26(2,24(32)33)17-5-9-19(10-6-17)36-25-28-21-15-20(27)22(29-23(21)30-25)16-3-7-18(8-4-16)31-11-13-37(34,35)14-12-31/h3-4,7-8,15,17,19H,5-6,9-14H2,1-2H3,(H,32,33)(H,28,29,30). The van der Waals surface area contributed by atoms with Gasteiger partial charge in [0.1, 0.15) is 6.10 Å². The number of nitrogens with one attached hydrogen (secondary N) is 1. The highest BCUT2D eigenvalue weighted by Gasteiger charge is 2.39. The summed E-state index contributed by atoms with van der Waals surface area (Å²) in [7, 11) is -2.93. The Kier molecular flexibility index (Phi) is 6.83. The van der Waals surface area contributed by atoms with Gasteiger partial charge >= 0.3 is 5.97 Å². The zero-order chi connectivity index (χ0) is 26.4. The molecule has 3 aromatic rings. The van der Waals surface area contributed by atoms with Gasteiger partial charge in [0, 0.05) is 24.3 Å². The van der Waals surface area contributed by atoms with Gasteiger partial charge < -0.3 is 19.7 Å². The maximum Gasteiger partial charge on any atom is 0.309 e. The Labute approximate surface area is 221 Å². The molecule has 1 saturated carbocycles. The molecule has 2 aliphatic rings. The van der Waals surface area contributed by atoms with Gasteiger partial charge in [-0.1, -0.05) is 23.7 Å². The van der Waals surface area contributed by atoms with Crippen LogP contribution in [0.25, 0.3) is 22.4 Å². The van der Waals surface area contributed by atoms with Gasteiger partial charge in [0.05, 0.1) is 33.2 Å². The number of fused-ring (bicyclic) bond motifs is 1. The molecule has 9 nitrogen and oxygen atoms in total. The van der Waals surface area contributed by atoms with Gasteiger partial charge in [-0.2, -0.15) is 4.98 Å². The number of imidazole rings is 1. The summed E-state index contributed by atoms with van der Waals surface area (Å²) >= 11 is 6.57. The Morgan fingerprint density at radius 1 is 1.11 bits per heavy atom. The minimum absolute atomic E-state index is 0.0336. The van der Waals surface area contributed by atoms with Crippen LogP contribution in [-0.2, 0) is 14.6 Å². The van der Waals surface area contributed by atoms with E-state index in [0.29, 0.717) is 41.0 Å². The van der Waals surface area contributed by atoms with Gasteiger partial charge in [0.25, 0.3) is 6.01 Å². The van der Waals surface area contributed by atoms with E-state index >= 15 is 0 Å². The maximum atomic E-state index is 11.7. The lowest BCUT2D eigenvalue weighted by Crippen LogP contribution is -2.40. The van der Waals surface area contributed by atoms with Crippen LogP contribution in [0.3, 0.4) is 0 Å². The third-order valence-corrected chi connectivity index (χ3v) is 9.68. The summed E-state index contributed by atoms with van der Waals surface area (Å²) in [6, 6.07) is 9.94. The van der Waals surface area contributed by atoms with Crippen LogP contribution in [0, 0.1) is 11.3 Å². The molecule has 3 heterocycles. The molecule has 0 spiro atoms. The number of halogens is 1. The van der Waals surface area contributed by atoms with Crippen molar-refractivity contribution in [2.45, 2.75) is 45.6 Å². The molecule has 1 saturated heterocycles. The highest BCUT2D eigenvalue weighted by molar-refractivity contribution is 7.91. The first kappa shape index (κ1) is 25.8. The molecule has 198 valence electrons. The first-order valence-electron chi connectivity index (χ1n) is 12.5. The summed E-state index contributed by atoms with van der Waals surface area (Å²) in [6.45, 7) is 4.56. The number of carboxylic acids is 1. The van der Waals surface area contributed by atoms with Crippen LogP contribution >= 0.6 is 11.6 Å². The van der Waals surface area contributed by atoms with Crippen LogP contribution in [0.15, 0.2) is 30.3 Å². The highest BCUT2D eigenvalue weighted by Crippen LogP contribution is 2.39. The van der Waals surface area contributed by atoms with Gasteiger partial charge in [0.2, 0.25) is 0 Å². The monoisotopic (exact) mass is 546 g/mol. The summed E-state index contributed by atoms with van der Waals surface area (Å²) in [4.78, 5) is 26.0. The van der Waals surface area contributed by atoms with E-state index in [0.717, 1.165) is 36.9 Å². The molecule has 11 heteroatoms. The number of ether oxygens (including phenoxy) is 1. The zero-order valence-electron chi connectivity index (χ0n) is 20.9. The van der Waals surface area contributed by atoms with Crippen molar-refractivity contribution >= 4 is 44.3 Å². The smallest absolute Gasteiger partial charge is 0.309 e. The van der Waals surface area contributed by atoms with Crippen molar-refractivity contribution in [1.29, 1.82) is 0 Å². The fourth-order valence-corrected chi connectivity index (χ4v) is 6.65. The van der Waals surface area contributed by atoms with E-state index < -0.39 is 21.2 Å². The van der Waals surface area contributed by atoms with Crippen LogP contribution in [0.4, 0.5) is 5.69 Å². The number of nitrogens with zero attached hydrogens (tertiary/aromatic N) is 3. The number of aliphatic carboxylic acids is 1. The number of carboxylic acid groups (broad SMARTS) is 1. The topological polar surface area (TPSA) is 125 Å². The van der Waals surface area contributed by atoms with Crippen molar-refractivity contribution < 1.29 is 23.1 Å². The predicted octanol–water partition coefficient (Wildman–Crippen LogP) is 4.56. The molecule has 1 aliphatic heterocycles. The molecular weight excluding hydrogens is 516 g/mol. The van der Waals surface area contributed by atoms with Crippen LogP contribution in [0.2, 0.25) is 5.02 Å². The van der Waals surface area contributed by atoms with Crippen LogP contribution < -0.4 is 9.64 Å². The SMILES string of the molecule is CC(C)(C(=O)O)C1CCC(Oc2nc3nc(-c4ccc(N5CCS(=O)(=O)CC5)cc4)c(Cl)cc3[nH]2)CC1. The average Bonchev–Trinajstić information content (AvgIpc) is 3.25. The van der Waals surface area contributed by atoms with Crippen molar-refractivity contribution in [3.63, 3.8) is 0 Å². The molecule has 0 unspecified atom stereocenters. The molecule has 2 fully saturated rings. The minimum atomic E-state index is -2.93. The first-order valence-corrected chi connectivity index (χ1v) is 14.7.